The quantitative estimate of drug-likeness (QED) is 0.926. The van der Waals surface area contributed by atoms with Gasteiger partial charge in [0.05, 0.1) is 10.2 Å². The number of hydrogen-bond acceptors (Lipinski definition) is 4. The molecule has 2 aromatic rings. The predicted molar refractivity (Wildman–Crippen MR) is 81.8 cm³/mol. The van der Waals surface area contributed by atoms with E-state index in [2.05, 4.69) is 44.8 Å². The molecular formula is C13H17BrN4S. The molecule has 0 bridgehead atoms. The van der Waals surface area contributed by atoms with Crippen LogP contribution in [0.15, 0.2) is 16.0 Å². The standard InChI is InChI=1S/C13H17BrN4S/c1-8(2)7-9-11(14)12-15-4-3-10(18(12)17-9)13-16-5-6-19-13/h5-6,8,10,15H,3-4,7H2,1-2H3. The summed E-state index contributed by atoms with van der Waals surface area (Å²) < 4.78 is 3.21. The van der Waals surface area contributed by atoms with Crippen LogP contribution in [0.1, 0.15) is 37.0 Å². The normalized spacial score (nSPS) is 18.4. The minimum atomic E-state index is 0.272. The minimum absolute atomic E-state index is 0.272. The van der Waals surface area contributed by atoms with Crippen molar-refractivity contribution < 1.29 is 0 Å². The fourth-order valence-corrected chi connectivity index (χ4v) is 3.76. The van der Waals surface area contributed by atoms with Crippen LogP contribution in [-0.4, -0.2) is 21.3 Å². The van der Waals surface area contributed by atoms with E-state index < -0.39 is 0 Å². The lowest BCUT2D eigenvalue weighted by molar-refractivity contribution is 0.472. The Morgan fingerprint density at radius 1 is 1.58 bits per heavy atom. The number of rotatable bonds is 3. The zero-order chi connectivity index (χ0) is 13.4. The summed E-state index contributed by atoms with van der Waals surface area (Å²) in [4.78, 5) is 4.45. The molecule has 2 aromatic heterocycles. The van der Waals surface area contributed by atoms with E-state index in [1.807, 2.05) is 11.6 Å². The van der Waals surface area contributed by atoms with Crippen molar-refractivity contribution in [3.05, 3.63) is 26.8 Å². The van der Waals surface area contributed by atoms with Crippen molar-refractivity contribution in [1.82, 2.24) is 14.8 Å². The van der Waals surface area contributed by atoms with E-state index in [1.54, 1.807) is 11.3 Å². The highest BCUT2D eigenvalue weighted by Gasteiger charge is 2.28. The molecule has 0 aromatic carbocycles. The van der Waals surface area contributed by atoms with Crippen LogP contribution in [0.4, 0.5) is 5.82 Å². The Hall–Kier alpha value is -0.880. The smallest absolute Gasteiger partial charge is 0.139 e. The number of nitrogens with zero attached hydrogens (tertiary/aromatic N) is 3. The van der Waals surface area contributed by atoms with Gasteiger partial charge < -0.3 is 5.32 Å². The first-order valence-electron chi connectivity index (χ1n) is 6.57. The molecule has 3 rings (SSSR count). The number of nitrogens with one attached hydrogen (secondary N) is 1. The largest absolute Gasteiger partial charge is 0.369 e. The molecule has 102 valence electrons. The molecule has 19 heavy (non-hydrogen) atoms. The fraction of sp³-hybridized carbons (Fsp3) is 0.538. The average Bonchev–Trinajstić information content (AvgIpc) is 2.99. The van der Waals surface area contributed by atoms with Gasteiger partial charge in [-0.15, -0.1) is 11.3 Å². The van der Waals surface area contributed by atoms with E-state index >= 15 is 0 Å². The average molecular weight is 341 g/mol. The molecule has 0 radical (unpaired) electrons. The van der Waals surface area contributed by atoms with Crippen LogP contribution in [0.25, 0.3) is 0 Å². The van der Waals surface area contributed by atoms with Crippen molar-refractivity contribution in [2.75, 3.05) is 11.9 Å². The van der Waals surface area contributed by atoms with E-state index in [1.165, 1.54) is 0 Å². The zero-order valence-electron chi connectivity index (χ0n) is 11.1. The number of aromatic nitrogens is 3. The number of fused-ring (bicyclic) bond motifs is 1. The van der Waals surface area contributed by atoms with Crippen LogP contribution in [-0.2, 0) is 6.42 Å². The van der Waals surface area contributed by atoms with Crippen molar-refractivity contribution >= 4 is 33.1 Å². The molecule has 0 fully saturated rings. The van der Waals surface area contributed by atoms with Gasteiger partial charge in [-0.05, 0) is 34.7 Å². The van der Waals surface area contributed by atoms with Gasteiger partial charge in [0.2, 0.25) is 0 Å². The van der Waals surface area contributed by atoms with Crippen LogP contribution < -0.4 is 5.32 Å². The summed E-state index contributed by atoms with van der Waals surface area (Å²) in [5, 5.41) is 11.4. The lowest BCUT2D eigenvalue weighted by Gasteiger charge is -2.24. The van der Waals surface area contributed by atoms with Gasteiger partial charge in [0.25, 0.3) is 0 Å². The first kappa shape index (κ1) is 13.1. The van der Waals surface area contributed by atoms with Gasteiger partial charge in [-0.25, -0.2) is 9.67 Å². The highest BCUT2D eigenvalue weighted by atomic mass is 79.9. The second kappa shape index (κ2) is 5.25. The van der Waals surface area contributed by atoms with Crippen molar-refractivity contribution in [2.24, 2.45) is 5.92 Å². The van der Waals surface area contributed by atoms with E-state index in [-0.39, 0.29) is 6.04 Å². The molecule has 1 unspecified atom stereocenters. The van der Waals surface area contributed by atoms with Crippen molar-refractivity contribution in [2.45, 2.75) is 32.7 Å². The summed E-state index contributed by atoms with van der Waals surface area (Å²) in [6, 6.07) is 0.272. The number of halogens is 1. The Morgan fingerprint density at radius 2 is 2.42 bits per heavy atom. The van der Waals surface area contributed by atoms with Gasteiger partial charge in [-0.1, -0.05) is 13.8 Å². The monoisotopic (exact) mass is 340 g/mol. The summed E-state index contributed by atoms with van der Waals surface area (Å²) in [5.41, 5.74) is 1.14. The molecule has 0 amide bonds. The molecule has 0 saturated heterocycles. The summed E-state index contributed by atoms with van der Waals surface area (Å²) in [6.45, 7) is 5.41. The van der Waals surface area contributed by atoms with Crippen LogP contribution in [0, 0.1) is 5.92 Å². The molecule has 0 aliphatic carbocycles. The van der Waals surface area contributed by atoms with Gasteiger partial charge in [-0.3, -0.25) is 0 Å². The van der Waals surface area contributed by atoms with Gasteiger partial charge in [0.15, 0.2) is 0 Å². The molecule has 1 atom stereocenters. The number of hydrogen-bond donors (Lipinski definition) is 1. The Labute approximate surface area is 125 Å². The van der Waals surface area contributed by atoms with Crippen molar-refractivity contribution in [3.63, 3.8) is 0 Å². The lowest BCUT2D eigenvalue weighted by Crippen LogP contribution is -2.24. The molecular weight excluding hydrogens is 324 g/mol. The van der Waals surface area contributed by atoms with Gasteiger partial charge >= 0.3 is 0 Å². The molecule has 1 N–H and O–H groups in total. The SMILES string of the molecule is CC(C)Cc1nn2c(c1Br)NCCC2c1nccs1. The Morgan fingerprint density at radius 3 is 3.11 bits per heavy atom. The second-order valence-electron chi connectivity index (χ2n) is 5.25. The zero-order valence-corrected chi connectivity index (χ0v) is 13.5. The van der Waals surface area contributed by atoms with E-state index in [0.29, 0.717) is 5.92 Å². The third-order valence-corrected chi connectivity index (χ3v) is 4.97. The van der Waals surface area contributed by atoms with Gasteiger partial charge in [0.1, 0.15) is 16.9 Å². The molecule has 0 spiro atoms. The number of anilines is 1. The maximum absolute atomic E-state index is 4.80. The topological polar surface area (TPSA) is 42.7 Å². The van der Waals surface area contributed by atoms with Crippen LogP contribution in [0.5, 0.6) is 0 Å². The Bertz CT molecular complexity index is 561. The molecule has 1 aliphatic heterocycles. The fourth-order valence-electron chi connectivity index (χ4n) is 2.44. The van der Waals surface area contributed by atoms with E-state index in [4.69, 9.17) is 5.10 Å². The third kappa shape index (κ3) is 2.43. The van der Waals surface area contributed by atoms with Crippen molar-refractivity contribution in [3.8, 4) is 0 Å². The van der Waals surface area contributed by atoms with Crippen LogP contribution in [0.2, 0.25) is 0 Å². The first-order chi connectivity index (χ1) is 9.16. The lowest BCUT2D eigenvalue weighted by atomic mass is 10.1. The highest BCUT2D eigenvalue weighted by Crippen LogP contribution is 2.37. The second-order valence-corrected chi connectivity index (χ2v) is 6.97. The summed E-state index contributed by atoms with van der Waals surface area (Å²) in [7, 11) is 0. The molecule has 3 heterocycles. The van der Waals surface area contributed by atoms with Crippen molar-refractivity contribution in [1.29, 1.82) is 0 Å². The molecule has 6 heteroatoms. The third-order valence-electron chi connectivity index (χ3n) is 3.26. The molecule has 0 saturated carbocycles. The molecule has 4 nitrogen and oxygen atoms in total. The minimum Gasteiger partial charge on any atom is -0.369 e. The first-order valence-corrected chi connectivity index (χ1v) is 8.24. The maximum Gasteiger partial charge on any atom is 0.139 e. The maximum atomic E-state index is 4.80. The summed E-state index contributed by atoms with van der Waals surface area (Å²) >= 11 is 5.40. The van der Waals surface area contributed by atoms with Crippen LogP contribution >= 0.6 is 27.3 Å². The summed E-state index contributed by atoms with van der Waals surface area (Å²) in [6.07, 6.45) is 3.90. The Balaban J connectivity index is 2.00. The van der Waals surface area contributed by atoms with Crippen LogP contribution in [0.3, 0.4) is 0 Å². The van der Waals surface area contributed by atoms with Gasteiger partial charge in [-0.2, -0.15) is 5.10 Å². The van der Waals surface area contributed by atoms with E-state index in [0.717, 1.165) is 40.4 Å². The van der Waals surface area contributed by atoms with E-state index in [9.17, 15) is 0 Å². The highest BCUT2D eigenvalue weighted by molar-refractivity contribution is 9.10. The molecule has 1 aliphatic rings. The summed E-state index contributed by atoms with van der Waals surface area (Å²) in [5.74, 6) is 1.70. The predicted octanol–water partition coefficient (Wildman–Crippen LogP) is 3.71. The Kier molecular flexibility index (Phi) is 3.62. The number of thiazole rings is 1. The van der Waals surface area contributed by atoms with Gasteiger partial charge in [0, 0.05) is 18.1 Å².